The van der Waals surface area contributed by atoms with Crippen LogP contribution in [-0.4, -0.2) is 59.2 Å². The van der Waals surface area contributed by atoms with Crippen molar-refractivity contribution in [1.82, 2.24) is 9.88 Å². The summed E-state index contributed by atoms with van der Waals surface area (Å²) in [5, 5.41) is 19.1. The van der Waals surface area contributed by atoms with Gasteiger partial charge in [0.25, 0.3) is 0 Å². The molecule has 3 rings (SSSR count). The number of anilines is 1. The number of primary amides is 1. The van der Waals surface area contributed by atoms with Crippen LogP contribution in [0, 0.1) is 23.7 Å². The van der Waals surface area contributed by atoms with Gasteiger partial charge in [0.05, 0.1) is 18.7 Å². The number of hydrogen-bond donors (Lipinski definition) is 2. The van der Waals surface area contributed by atoms with Gasteiger partial charge in [-0.25, -0.2) is 14.2 Å². The minimum Gasteiger partial charge on any atom is -0.394 e. The van der Waals surface area contributed by atoms with Crippen molar-refractivity contribution < 1.29 is 14.3 Å². The zero-order valence-corrected chi connectivity index (χ0v) is 20.9. The highest BCUT2D eigenvalue weighted by Crippen LogP contribution is 2.42. The number of nitriles is 1. The second-order valence-corrected chi connectivity index (χ2v) is 10.0. The molecule has 1 aromatic carbocycles. The van der Waals surface area contributed by atoms with Crippen molar-refractivity contribution in [3.05, 3.63) is 58.2 Å². The van der Waals surface area contributed by atoms with Crippen LogP contribution in [0.5, 0.6) is 0 Å². The molecule has 0 saturated carbocycles. The Bertz CT molecular complexity index is 1160. The number of piperazine rings is 1. The smallest absolute Gasteiger partial charge is 0.235 e. The molecule has 1 aromatic heterocycles. The third-order valence-electron chi connectivity index (χ3n) is 6.28. The van der Waals surface area contributed by atoms with Gasteiger partial charge in [-0.15, -0.1) is 0 Å². The summed E-state index contributed by atoms with van der Waals surface area (Å²) in [6.07, 6.45) is 0.443. The van der Waals surface area contributed by atoms with Crippen LogP contribution in [0.3, 0.4) is 0 Å². The van der Waals surface area contributed by atoms with Gasteiger partial charge < -0.3 is 15.7 Å². The molecule has 35 heavy (non-hydrogen) atoms. The van der Waals surface area contributed by atoms with E-state index in [1.54, 1.807) is 0 Å². The molecule has 3 N–H and O–H groups in total. The van der Waals surface area contributed by atoms with Crippen LogP contribution < -0.4 is 10.6 Å². The number of pyridine rings is 1. The van der Waals surface area contributed by atoms with Crippen LogP contribution in [-0.2, 0) is 11.2 Å². The van der Waals surface area contributed by atoms with Gasteiger partial charge in [-0.1, -0.05) is 30.8 Å². The minimum atomic E-state index is -0.881. The monoisotopic (exact) mass is 496 g/mol. The van der Waals surface area contributed by atoms with Crippen molar-refractivity contribution in [2.45, 2.75) is 43.0 Å². The number of aliphatic hydroxyl groups excluding tert-OH is 1. The fourth-order valence-electron chi connectivity index (χ4n) is 4.13. The number of benzene rings is 1. The standard InChI is InChI=1S/C25H29FN6O2S/c1-5-18-19(14-27)24(35-21(22(28)34)16-6-8-17(26)9-7-16)30-23(20(18)29-4)31-10-12-32(13-11-31)25(2,3)15-33/h6-9,21,33H,5,10-13,15H2,1-3H3,(H2,28,34). The Kier molecular flexibility index (Phi) is 8.34. The van der Waals surface area contributed by atoms with Gasteiger partial charge in [-0.2, -0.15) is 5.26 Å². The van der Waals surface area contributed by atoms with Gasteiger partial charge in [0, 0.05) is 31.7 Å². The van der Waals surface area contributed by atoms with Crippen LogP contribution in [0.4, 0.5) is 15.9 Å². The molecule has 2 heterocycles. The second-order valence-electron chi connectivity index (χ2n) is 8.92. The molecule has 1 aliphatic heterocycles. The second kappa shape index (κ2) is 11.0. The van der Waals surface area contributed by atoms with E-state index in [9.17, 15) is 19.6 Å². The highest BCUT2D eigenvalue weighted by Gasteiger charge is 2.32. The van der Waals surface area contributed by atoms with Gasteiger partial charge in [0.2, 0.25) is 11.6 Å². The van der Waals surface area contributed by atoms with E-state index in [1.165, 1.54) is 24.3 Å². The van der Waals surface area contributed by atoms with Crippen LogP contribution in [0.2, 0.25) is 0 Å². The van der Waals surface area contributed by atoms with E-state index in [2.05, 4.69) is 15.8 Å². The molecule has 0 radical (unpaired) electrons. The summed E-state index contributed by atoms with van der Waals surface area (Å²) >= 11 is 1.04. The molecular weight excluding hydrogens is 467 g/mol. The van der Waals surface area contributed by atoms with Gasteiger partial charge in [-0.05, 0) is 43.5 Å². The Labute approximate surface area is 209 Å². The molecule has 184 valence electrons. The SMILES string of the molecule is [C-]#[N+]c1c(N2CCN(C(C)(C)CO)CC2)nc(SC(C(N)=O)c2ccc(F)cc2)c(C#N)c1CC. The number of carbonyl (C=O) groups is 1. The lowest BCUT2D eigenvalue weighted by atomic mass is 10.0. The van der Waals surface area contributed by atoms with Gasteiger partial charge in [0.1, 0.15) is 28.0 Å². The Balaban J connectivity index is 2.04. The van der Waals surface area contributed by atoms with Crippen LogP contribution in [0.1, 0.15) is 42.7 Å². The lowest BCUT2D eigenvalue weighted by Gasteiger charge is -2.43. The van der Waals surface area contributed by atoms with Crippen LogP contribution in [0.25, 0.3) is 4.85 Å². The zero-order valence-electron chi connectivity index (χ0n) is 20.1. The van der Waals surface area contributed by atoms with E-state index in [0.717, 1.165) is 11.8 Å². The first kappa shape index (κ1) is 26.4. The molecule has 0 spiro atoms. The highest BCUT2D eigenvalue weighted by atomic mass is 32.2. The van der Waals surface area contributed by atoms with Gasteiger partial charge in [-0.3, -0.25) is 9.69 Å². The Hall–Kier alpha value is -3.18. The lowest BCUT2D eigenvalue weighted by Crippen LogP contribution is -2.56. The normalized spacial score (nSPS) is 15.3. The summed E-state index contributed by atoms with van der Waals surface area (Å²) < 4.78 is 13.4. The van der Waals surface area contributed by atoms with Crippen molar-refractivity contribution in [1.29, 1.82) is 5.26 Å². The molecule has 0 bridgehead atoms. The number of halogens is 1. The predicted octanol–water partition coefficient (Wildman–Crippen LogP) is 3.42. The van der Waals surface area contributed by atoms with Crippen molar-refractivity contribution >= 4 is 29.2 Å². The third kappa shape index (κ3) is 5.57. The average Bonchev–Trinajstić information content (AvgIpc) is 2.86. The topological polar surface area (TPSA) is 111 Å². The molecule has 1 fully saturated rings. The third-order valence-corrected chi connectivity index (χ3v) is 7.54. The van der Waals surface area contributed by atoms with E-state index in [4.69, 9.17) is 17.3 Å². The van der Waals surface area contributed by atoms with Crippen molar-refractivity contribution in [3.8, 4) is 6.07 Å². The Morgan fingerprint density at radius 3 is 2.46 bits per heavy atom. The number of nitrogens with zero attached hydrogens (tertiary/aromatic N) is 5. The first-order chi connectivity index (χ1) is 16.7. The number of aromatic nitrogens is 1. The van der Waals surface area contributed by atoms with E-state index < -0.39 is 17.0 Å². The summed E-state index contributed by atoms with van der Waals surface area (Å²) in [5.41, 5.74) is 6.99. The average molecular weight is 497 g/mol. The fraction of sp³-hybridized carbons (Fsp3) is 0.440. The molecule has 8 nitrogen and oxygen atoms in total. The maximum absolute atomic E-state index is 13.4. The molecule has 1 amide bonds. The van der Waals surface area contributed by atoms with E-state index in [0.29, 0.717) is 60.3 Å². The van der Waals surface area contributed by atoms with Crippen molar-refractivity contribution in [2.24, 2.45) is 5.73 Å². The molecule has 2 aromatic rings. The molecular formula is C25H29FN6O2S. The van der Waals surface area contributed by atoms with Crippen LogP contribution in [0.15, 0.2) is 29.3 Å². The van der Waals surface area contributed by atoms with E-state index >= 15 is 0 Å². The predicted molar refractivity (Wildman–Crippen MR) is 134 cm³/mol. The Morgan fingerprint density at radius 2 is 1.97 bits per heavy atom. The molecule has 1 saturated heterocycles. The minimum absolute atomic E-state index is 0.0358. The Morgan fingerprint density at radius 1 is 1.34 bits per heavy atom. The number of nitrogens with two attached hydrogens (primary N) is 1. The lowest BCUT2D eigenvalue weighted by molar-refractivity contribution is -0.117. The van der Waals surface area contributed by atoms with Gasteiger partial charge in [0.15, 0.2) is 0 Å². The van der Waals surface area contributed by atoms with E-state index in [-0.39, 0.29) is 17.7 Å². The zero-order chi connectivity index (χ0) is 25.8. The largest absolute Gasteiger partial charge is 0.394 e. The first-order valence-corrected chi connectivity index (χ1v) is 12.2. The molecule has 1 aliphatic rings. The number of thioether (sulfide) groups is 1. The number of hydrogen-bond acceptors (Lipinski definition) is 7. The summed E-state index contributed by atoms with van der Waals surface area (Å²) in [6.45, 7) is 16.2. The van der Waals surface area contributed by atoms with Crippen molar-refractivity contribution in [3.63, 3.8) is 0 Å². The number of aliphatic hydroxyl groups is 1. The van der Waals surface area contributed by atoms with Crippen molar-refractivity contribution in [2.75, 3.05) is 37.7 Å². The summed E-state index contributed by atoms with van der Waals surface area (Å²) in [5.74, 6) is -0.596. The highest BCUT2D eigenvalue weighted by molar-refractivity contribution is 8.00. The quantitative estimate of drug-likeness (QED) is 0.426. The number of carbonyl (C=O) groups excluding carboxylic acids is 1. The summed E-state index contributed by atoms with van der Waals surface area (Å²) in [4.78, 5) is 25.0. The van der Waals surface area contributed by atoms with Crippen LogP contribution >= 0.6 is 11.8 Å². The molecule has 10 heteroatoms. The fourth-order valence-corrected chi connectivity index (χ4v) is 5.19. The van der Waals surface area contributed by atoms with Gasteiger partial charge >= 0.3 is 0 Å². The van der Waals surface area contributed by atoms with E-state index in [1.807, 2.05) is 25.7 Å². The molecule has 1 atom stereocenters. The molecule has 0 aliphatic carbocycles. The number of amides is 1. The number of rotatable bonds is 8. The summed E-state index contributed by atoms with van der Waals surface area (Å²) in [7, 11) is 0. The summed E-state index contributed by atoms with van der Waals surface area (Å²) in [6, 6.07) is 7.65. The first-order valence-electron chi connectivity index (χ1n) is 11.3. The maximum atomic E-state index is 13.4. The maximum Gasteiger partial charge on any atom is 0.235 e. The molecule has 1 unspecified atom stereocenters.